The van der Waals surface area contributed by atoms with Crippen LogP contribution in [-0.4, -0.2) is 53.5 Å². The first-order valence-electron chi connectivity index (χ1n) is 9.44. The van der Waals surface area contributed by atoms with Crippen LogP contribution in [0.3, 0.4) is 0 Å². The van der Waals surface area contributed by atoms with E-state index in [4.69, 9.17) is 4.74 Å². The number of nitrogens with zero attached hydrogens (tertiary/aromatic N) is 3. The summed E-state index contributed by atoms with van der Waals surface area (Å²) in [6.45, 7) is 2.31. The lowest BCUT2D eigenvalue weighted by Crippen LogP contribution is -2.33. The summed E-state index contributed by atoms with van der Waals surface area (Å²) in [5.74, 6) is 0.608. The second-order valence-electron chi connectivity index (χ2n) is 6.83. The third-order valence-corrected chi connectivity index (χ3v) is 5.78. The predicted octanol–water partition coefficient (Wildman–Crippen LogP) is 3.57. The van der Waals surface area contributed by atoms with Crippen molar-refractivity contribution in [3.05, 3.63) is 54.1 Å². The number of rotatable bonds is 7. The third-order valence-electron chi connectivity index (χ3n) is 4.85. The van der Waals surface area contributed by atoms with Crippen LogP contribution >= 0.6 is 11.3 Å². The van der Waals surface area contributed by atoms with Gasteiger partial charge in [-0.2, -0.15) is 0 Å². The number of nitrogens with one attached hydrogen (secondary N) is 1. The summed E-state index contributed by atoms with van der Waals surface area (Å²) in [6, 6.07) is 15.5. The Labute approximate surface area is 172 Å². The summed E-state index contributed by atoms with van der Waals surface area (Å²) in [6.07, 6.45) is 0.240. The zero-order chi connectivity index (χ0) is 20.2. The maximum Gasteiger partial charge on any atom is 0.320 e. The molecule has 0 saturated carbocycles. The summed E-state index contributed by atoms with van der Waals surface area (Å²) < 4.78 is 6.16. The van der Waals surface area contributed by atoms with E-state index in [9.17, 15) is 9.59 Å². The van der Waals surface area contributed by atoms with E-state index in [1.165, 1.54) is 11.3 Å². The van der Waals surface area contributed by atoms with Gasteiger partial charge in [-0.1, -0.05) is 41.7 Å². The predicted molar refractivity (Wildman–Crippen MR) is 113 cm³/mol. The Kier molecular flexibility index (Phi) is 5.62. The molecule has 29 heavy (non-hydrogen) atoms. The number of thiazole rings is 1. The highest BCUT2D eigenvalue weighted by Crippen LogP contribution is 2.29. The van der Waals surface area contributed by atoms with Gasteiger partial charge in [-0.25, -0.2) is 9.78 Å². The van der Waals surface area contributed by atoms with Gasteiger partial charge < -0.3 is 19.9 Å². The molecule has 0 aliphatic carbocycles. The zero-order valence-corrected chi connectivity index (χ0v) is 16.9. The second-order valence-corrected chi connectivity index (χ2v) is 7.86. The van der Waals surface area contributed by atoms with Crippen LogP contribution in [0.4, 0.5) is 9.93 Å². The molecular weight excluding hydrogens is 388 g/mol. The average molecular weight is 410 g/mol. The molecule has 1 N–H and O–H groups in total. The van der Waals surface area contributed by atoms with E-state index in [0.29, 0.717) is 31.3 Å². The van der Waals surface area contributed by atoms with Crippen molar-refractivity contribution in [2.24, 2.45) is 0 Å². The Hall–Kier alpha value is -3.13. The SMILES string of the molecule is COc1ccc2nc(NC(=O)CCN3CCN(Cc4ccccc4)C3=O)sc2c1. The molecule has 1 fully saturated rings. The number of methoxy groups -OCH3 is 1. The van der Waals surface area contributed by atoms with Gasteiger partial charge in [-0.15, -0.1) is 0 Å². The van der Waals surface area contributed by atoms with E-state index in [1.807, 2.05) is 53.4 Å². The van der Waals surface area contributed by atoms with E-state index in [2.05, 4.69) is 10.3 Å². The monoisotopic (exact) mass is 410 g/mol. The van der Waals surface area contributed by atoms with Gasteiger partial charge in [0, 0.05) is 32.6 Å². The molecule has 1 aliphatic heterocycles. The van der Waals surface area contributed by atoms with Crippen LogP contribution in [0.5, 0.6) is 5.75 Å². The standard InChI is InChI=1S/C21H22N4O3S/c1-28-16-7-8-17-18(13-16)29-20(22-17)23-19(26)9-10-24-11-12-25(21(24)27)14-15-5-3-2-4-6-15/h2-8,13H,9-12,14H2,1H3,(H,22,23,26). The molecule has 1 aliphatic rings. The molecule has 2 aromatic carbocycles. The van der Waals surface area contributed by atoms with Crippen molar-refractivity contribution >= 4 is 38.6 Å². The number of amides is 3. The highest BCUT2D eigenvalue weighted by atomic mass is 32.1. The van der Waals surface area contributed by atoms with E-state index < -0.39 is 0 Å². The molecule has 7 nitrogen and oxygen atoms in total. The normalized spacial score (nSPS) is 13.9. The van der Waals surface area contributed by atoms with E-state index in [1.54, 1.807) is 12.0 Å². The Morgan fingerprint density at radius 1 is 1.17 bits per heavy atom. The fraction of sp³-hybridized carbons (Fsp3) is 0.286. The summed E-state index contributed by atoms with van der Waals surface area (Å²) in [5, 5.41) is 3.39. The molecule has 0 spiro atoms. The number of carbonyl (C=O) groups is 2. The fourth-order valence-electron chi connectivity index (χ4n) is 3.29. The second kappa shape index (κ2) is 8.48. The van der Waals surface area contributed by atoms with Gasteiger partial charge in [0.05, 0.1) is 17.3 Å². The number of hydrogen-bond donors (Lipinski definition) is 1. The van der Waals surface area contributed by atoms with Gasteiger partial charge >= 0.3 is 6.03 Å². The van der Waals surface area contributed by atoms with Gasteiger partial charge in [0.1, 0.15) is 5.75 Å². The van der Waals surface area contributed by atoms with Crippen molar-refractivity contribution in [1.29, 1.82) is 0 Å². The van der Waals surface area contributed by atoms with Crippen LogP contribution in [0.1, 0.15) is 12.0 Å². The number of urea groups is 1. The van der Waals surface area contributed by atoms with E-state index in [-0.39, 0.29) is 18.4 Å². The van der Waals surface area contributed by atoms with Crippen molar-refractivity contribution in [3.63, 3.8) is 0 Å². The lowest BCUT2D eigenvalue weighted by molar-refractivity contribution is -0.116. The van der Waals surface area contributed by atoms with Crippen molar-refractivity contribution in [3.8, 4) is 5.75 Å². The van der Waals surface area contributed by atoms with Crippen LogP contribution < -0.4 is 10.1 Å². The van der Waals surface area contributed by atoms with Crippen LogP contribution in [0.2, 0.25) is 0 Å². The van der Waals surface area contributed by atoms with Crippen molar-refractivity contribution in [1.82, 2.24) is 14.8 Å². The molecule has 3 aromatic rings. The van der Waals surface area contributed by atoms with Gasteiger partial charge in [-0.05, 0) is 23.8 Å². The minimum atomic E-state index is -0.148. The van der Waals surface area contributed by atoms with Crippen molar-refractivity contribution in [2.75, 3.05) is 32.1 Å². The topological polar surface area (TPSA) is 74.8 Å². The van der Waals surface area contributed by atoms with Crippen LogP contribution in [-0.2, 0) is 11.3 Å². The maximum atomic E-state index is 12.6. The summed E-state index contributed by atoms with van der Waals surface area (Å²) in [7, 11) is 1.62. The maximum absolute atomic E-state index is 12.6. The first-order chi connectivity index (χ1) is 14.1. The molecule has 0 bridgehead atoms. The largest absolute Gasteiger partial charge is 0.497 e. The van der Waals surface area contributed by atoms with Gasteiger partial charge in [0.15, 0.2) is 5.13 Å². The Morgan fingerprint density at radius 3 is 2.76 bits per heavy atom. The molecule has 3 amide bonds. The number of benzene rings is 2. The van der Waals surface area contributed by atoms with E-state index >= 15 is 0 Å². The number of ether oxygens (including phenoxy) is 1. The molecule has 0 unspecified atom stereocenters. The Morgan fingerprint density at radius 2 is 1.97 bits per heavy atom. The van der Waals surface area contributed by atoms with Crippen LogP contribution in [0, 0.1) is 0 Å². The number of anilines is 1. The lowest BCUT2D eigenvalue weighted by Gasteiger charge is -2.18. The molecule has 0 radical (unpaired) electrons. The minimum absolute atomic E-state index is 0.0197. The van der Waals surface area contributed by atoms with Crippen molar-refractivity contribution in [2.45, 2.75) is 13.0 Å². The fourth-order valence-corrected chi connectivity index (χ4v) is 4.20. The van der Waals surface area contributed by atoms with Gasteiger partial charge in [-0.3, -0.25) is 4.79 Å². The average Bonchev–Trinajstić information content (AvgIpc) is 3.29. The lowest BCUT2D eigenvalue weighted by atomic mass is 10.2. The van der Waals surface area contributed by atoms with Crippen LogP contribution in [0.25, 0.3) is 10.2 Å². The first-order valence-corrected chi connectivity index (χ1v) is 10.3. The number of carbonyl (C=O) groups excluding carboxylic acids is 2. The third kappa shape index (κ3) is 4.48. The minimum Gasteiger partial charge on any atom is -0.497 e. The van der Waals surface area contributed by atoms with Gasteiger partial charge in [0.25, 0.3) is 0 Å². The molecule has 0 atom stereocenters. The molecule has 2 heterocycles. The first kappa shape index (κ1) is 19.2. The molecule has 1 aromatic heterocycles. The highest BCUT2D eigenvalue weighted by Gasteiger charge is 2.28. The number of aromatic nitrogens is 1. The molecule has 4 rings (SSSR count). The number of hydrogen-bond acceptors (Lipinski definition) is 5. The Bertz CT molecular complexity index is 1020. The summed E-state index contributed by atoms with van der Waals surface area (Å²) in [5.41, 5.74) is 1.92. The van der Waals surface area contributed by atoms with Crippen LogP contribution in [0.15, 0.2) is 48.5 Å². The molecular formula is C21H22N4O3S. The molecule has 1 saturated heterocycles. The Balaban J connectivity index is 1.29. The zero-order valence-electron chi connectivity index (χ0n) is 16.1. The van der Waals surface area contributed by atoms with Crippen molar-refractivity contribution < 1.29 is 14.3 Å². The summed E-state index contributed by atoms with van der Waals surface area (Å²) >= 11 is 1.40. The molecule has 150 valence electrons. The quantitative estimate of drug-likeness (QED) is 0.646. The van der Waals surface area contributed by atoms with Gasteiger partial charge in [0.2, 0.25) is 5.91 Å². The molecule has 8 heteroatoms. The number of fused-ring (bicyclic) bond motifs is 1. The summed E-state index contributed by atoms with van der Waals surface area (Å²) in [4.78, 5) is 32.8. The van der Waals surface area contributed by atoms with E-state index in [0.717, 1.165) is 21.5 Å². The smallest absolute Gasteiger partial charge is 0.320 e. The highest BCUT2D eigenvalue weighted by molar-refractivity contribution is 7.22.